The summed E-state index contributed by atoms with van der Waals surface area (Å²) in [4.78, 5) is 14.1. The number of nitrogens with zero attached hydrogens (tertiary/aromatic N) is 1. The topological polar surface area (TPSA) is 46.3 Å². The average Bonchev–Trinajstić information content (AvgIpc) is 2.73. The summed E-state index contributed by atoms with van der Waals surface area (Å²) < 4.78 is 14.0. The molecule has 2 rings (SSSR count). The van der Waals surface area contributed by atoms with E-state index in [9.17, 15) is 9.18 Å². The van der Waals surface area contributed by atoms with Crippen LogP contribution in [0.4, 0.5) is 4.39 Å². The maximum atomic E-state index is 14.0. The molecule has 0 radical (unpaired) electrons. The quantitative estimate of drug-likeness (QED) is 0.798. The number of nitrogens with two attached hydrogens (primary N) is 1. The maximum absolute atomic E-state index is 14.0. The van der Waals surface area contributed by atoms with Crippen molar-refractivity contribution in [1.82, 2.24) is 4.90 Å². The van der Waals surface area contributed by atoms with E-state index in [4.69, 9.17) is 5.73 Å². The first-order chi connectivity index (χ1) is 9.72. The minimum absolute atomic E-state index is 0.130. The zero-order valence-electron chi connectivity index (χ0n) is 11.5. The van der Waals surface area contributed by atoms with Crippen molar-refractivity contribution in [3.05, 3.63) is 35.1 Å². The summed E-state index contributed by atoms with van der Waals surface area (Å²) in [6.07, 6.45) is 4.26. The van der Waals surface area contributed by atoms with Gasteiger partial charge in [0.2, 0.25) is 0 Å². The number of hydrogen-bond donors (Lipinski definition) is 1. The zero-order valence-corrected chi connectivity index (χ0v) is 11.5. The third kappa shape index (κ3) is 3.58. The Labute approximate surface area is 119 Å². The van der Waals surface area contributed by atoms with Gasteiger partial charge in [-0.2, -0.15) is 0 Å². The van der Waals surface area contributed by atoms with Crippen molar-refractivity contribution in [3.8, 4) is 11.8 Å². The number of rotatable bonds is 1. The second-order valence-electron chi connectivity index (χ2n) is 4.91. The summed E-state index contributed by atoms with van der Waals surface area (Å²) in [5.41, 5.74) is 5.95. The molecular formula is C16H19FN2O. The molecule has 4 heteroatoms. The second-order valence-corrected chi connectivity index (χ2v) is 4.91. The van der Waals surface area contributed by atoms with E-state index in [-0.39, 0.29) is 18.0 Å². The molecule has 1 aliphatic rings. The Hall–Kier alpha value is -1.86. The van der Waals surface area contributed by atoms with E-state index in [1.54, 1.807) is 11.0 Å². The number of hydrogen-bond acceptors (Lipinski definition) is 2. The fraction of sp³-hybridized carbons (Fsp3) is 0.438. The summed E-state index contributed by atoms with van der Waals surface area (Å²) in [5.74, 6) is 4.70. The summed E-state index contributed by atoms with van der Waals surface area (Å²) in [6.45, 7) is 1.66. The van der Waals surface area contributed by atoms with Crippen molar-refractivity contribution in [2.75, 3.05) is 19.6 Å². The number of carbonyl (C=O) groups is 1. The van der Waals surface area contributed by atoms with Crippen molar-refractivity contribution < 1.29 is 9.18 Å². The highest BCUT2D eigenvalue weighted by Crippen LogP contribution is 2.16. The van der Waals surface area contributed by atoms with Gasteiger partial charge in [-0.25, -0.2) is 4.39 Å². The maximum Gasteiger partial charge on any atom is 0.256 e. The highest BCUT2D eigenvalue weighted by atomic mass is 19.1. The molecule has 0 aromatic heterocycles. The molecule has 0 atom stereocenters. The van der Waals surface area contributed by atoms with Crippen molar-refractivity contribution in [2.45, 2.75) is 25.7 Å². The second kappa shape index (κ2) is 7.06. The normalized spacial score (nSPS) is 15.2. The molecule has 1 heterocycles. The van der Waals surface area contributed by atoms with Crippen LogP contribution in [-0.2, 0) is 0 Å². The van der Waals surface area contributed by atoms with Gasteiger partial charge < -0.3 is 10.6 Å². The lowest BCUT2D eigenvalue weighted by Crippen LogP contribution is -2.32. The molecule has 1 fully saturated rings. The fourth-order valence-electron chi connectivity index (χ4n) is 2.36. The highest BCUT2D eigenvalue weighted by Gasteiger charge is 2.20. The van der Waals surface area contributed by atoms with Crippen LogP contribution in [0.25, 0.3) is 0 Å². The average molecular weight is 274 g/mol. The van der Waals surface area contributed by atoms with Crippen LogP contribution >= 0.6 is 0 Å². The smallest absolute Gasteiger partial charge is 0.256 e. The van der Waals surface area contributed by atoms with Gasteiger partial charge in [-0.15, -0.1) is 0 Å². The van der Waals surface area contributed by atoms with Gasteiger partial charge in [-0.3, -0.25) is 4.79 Å². The standard InChI is InChI=1S/C16H19FN2O/c17-15-12-13(6-5-9-18)7-8-14(15)16(20)19-10-3-1-2-4-11-19/h7-8,12H,1-4,9-11,18H2. The minimum Gasteiger partial charge on any atom is -0.339 e. The summed E-state index contributed by atoms with van der Waals surface area (Å²) in [5, 5.41) is 0. The summed E-state index contributed by atoms with van der Waals surface area (Å²) in [7, 11) is 0. The van der Waals surface area contributed by atoms with Crippen LogP contribution < -0.4 is 5.73 Å². The van der Waals surface area contributed by atoms with E-state index in [1.165, 1.54) is 12.1 Å². The molecule has 1 aromatic carbocycles. The number of benzene rings is 1. The Morgan fingerprint density at radius 2 is 1.95 bits per heavy atom. The van der Waals surface area contributed by atoms with Gasteiger partial charge in [0.25, 0.3) is 5.91 Å². The SMILES string of the molecule is NCC#Cc1ccc(C(=O)N2CCCCCC2)c(F)c1. The monoisotopic (exact) mass is 274 g/mol. The largest absolute Gasteiger partial charge is 0.339 e. The predicted molar refractivity (Wildman–Crippen MR) is 76.7 cm³/mol. The molecule has 0 unspecified atom stereocenters. The van der Waals surface area contributed by atoms with Crippen LogP contribution in [0.15, 0.2) is 18.2 Å². The van der Waals surface area contributed by atoms with E-state index >= 15 is 0 Å². The summed E-state index contributed by atoms with van der Waals surface area (Å²) >= 11 is 0. The van der Waals surface area contributed by atoms with Crippen molar-refractivity contribution in [1.29, 1.82) is 0 Å². The molecule has 0 spiro atoms. The Morgan fingerprint density at radius 1 is 1.25 bits per heavy atom. The van der Waals surface area contributed by atoms with Crippen molar-refractivity contribution in [3.63, 3.8) is 0 Å². The molecule has 3 nitrogen and oxygen atoms in total. The van der Waals surface area contributed by atoms with Crippen molar-refractivity contribution >= 4 is 5.91 Å². The Bertz CT molecular complexity index is 537. The molecule has 1 saturated heterocycles. The lowest BCUT2D eigenvalue weighted by Gasteiger charge is -2.20. The fourth-order valence-corrected chi connectivity index (χ4v) is 2.36. The molecule has 0 bridgehead atoms. The lowest BCUT2D eigenvalue weighted by molar-refractivity contribution is 0.0757. The molecule has 106 valence electrons. The van der Waals surface area contributed by atoms with Crippen LogP contribution in [0.5, 0.6) is 0 Å². The van der Waals surface area contributed by atoms with Gasteiger partial charge >= 0.3 is 0 Å². The van der Waals surface area contributed by atoms with Gasteiger partial charge in [0.15, 0.2) is 0 Å². The van der Waals surface area contributed by atoms with Crippen LogP contribution in [0.2, 0.25) is 0 Å². The van der Waals surface area contributed by atoms with Gasteiger partial charge in [-0.1, -0.05) is 24.7 Å². The molecule has 20 heavy (non-hydrogen) atoms. The number of carbonyl (C=O) groups excluding carboxylic acids is 1. The van der Waals surface area contributed by atoms with E-state index in [0.717, 1.165) is 25.7 Å². The minimum atomic E-state index is -0.511. The first kappa shape index (κ1) is 14.5. The zero-order chi connectivity index (χ0) is 14.4. The Morgan fingerprint density at radius 3 is 2.55 bits per heavy atom. The lowest BCUT2D eigenvalue weighted by atomic mass is 10.1. The third-order valence-corrected chi connectivity index (χ3v) is 3.43. The van der Waals surface area contributed by atoms with Crippen LogP contribution in [0.1, 0.15) is 41.6 Å². The number of likely N-dealkylation sites (tertiary alicyclic amines) is 1. The van der Waals surface area contributed by atoms with Gasteiger partial charge in [-0.05, 0) is 31.0 Å². The predicted octanol–water partition coefficient (Wildman–Crippen LogP) is 2.15. The molecule has 1 amide bonds. The molecule has 0 saturated carbocycles. The van der Waals surface area contributed by atoms with E-state index in [1.807, 2.05) is 0 Å². The van der Waals surface area contributed by atoms with Crippen molar-refractivity contribution in [2.24, 2.45) is 5.73 Å². The first-order valence-electron chi connectivity index (χ1n) is 7.00. The molecule has 1 aromatic rings. The molecule has 2 N–H and O–H groups in total. The number of amides is 1. The van der Waals surface area contributed by atoms with E-state index in [0.29, 0.717) is 18.7 Å². The van der Waals surface area contributed by atoms with E-state index in [2.05, 4.69) is 11.8 Å². The molecule has 1 aliphatic heterocycles. The van der Waals surface area contributed by atoms with Crippen LogP contribution in [0.3, 0.4) is 0 Å². The van der Waals surface area contributed by atoms with Crippen LogP contribution in [-0.4, -0.2) is 30.4 Å². The van der Waals surface area contributed by atoms with Gasteiger partial charge in [0, 0.05) is 18.7 Å². The summed E-state index contributed by atoms with van der Waals surface area (Å²) in [6, 6.07) is 4.48. The Balaban J connectivity index is 2.17. The van der Waals surface area contributed by atoms with E-state index < -0.39 is 5.82 Å². The van der Waals surface area contributed by atoms with Crippen LogP contribution in [0, 0.1) is 17.7 Å². The van der Waals surface area contributed by atoms with Gasteiger partial charge in [0.1, 0.15) is 5.82 Å². The molecule has 0 aliphatic carbocycles. The Kier molecular flexibility index (Phi) is 5.14. The molecular weight excluding hydrogens is 255 g/mol. The third-order valence-electron chi connectivity index (χ3n) is 3.43. The first-order valence-corrected chi connectivity index (χ1v) is 7.00. The van der Waals surface area contributed by atoms with Gasteiger partial charge in [0.05, 0.1) is 12.1 Å². The number of halogens is 1. The highest BCUT2D eigenvalue weighted by molar-refractivity contribution is 5.94.